The van der Waals surface area contributed by atoms with E-state index >= 15 is 0 Å². The predicted molar refractivity (Wildman–Crippen MR) is 97.0 cm³/mol. The molecule has 0 fully saturated rings. The van der Waals surface area contributed by atoms with E-state index in [1.165, 1.54) is 11.8 Å². The molecular formula is C16H19Cl2NO5S. The monoisotopic (exact) mass is 407 g/mol. The Morgan fingerprint density at radius 2 is 1.92 bits per heavy atom. The van der Waals surface area contributed by atoms with Crippen LogP contribution in [-0.2, 0) is 23.9 Å². The smallest absolute Gasteiger partial charge is 0.316 e. The van der Waals surface area contributed by atoms with Crippen LogP contribution in [0.3, 0.4) is 0 Å². The molecule has 0 saturated heterocycles. The van der Waals surface area contributed by atoms with E-state index in [4.69, 9.17) is 32.7 Å². The van der Waals surface area contributed by atoms with Gasteiger partial charge in [0.2, 0.25) is 0 Å². The lowest BCUT2D eigenvalue weighted by Crippen LogP contribution is -2.30. The highest BCUT2D eigenvalue weighted by Crippen LogP contribution is 2.29. The molecule has 0 radical (unpaired) electrons. The molecule has 0 aromatic heterocycles. The molecule has 0 aliphatic rings. The Morgan fingerprint density at radius 1 is 1.16 bits per heavy atom. The molecule has 0 spiro atoms. The van der Waals surface area contributed by atoms with Gasteiger partial charge in [-0.05, 0) is 31.5 Å². The van der Waals surface area contributed by atoms with Crippen molar-refractivity contribution in [3.8, 4) is 0 Å². The molecule has 138 valence electrons. The minimum Gasteiger partial charge on any atom is -0.466 e. The van der Waals surface area contributed by atoms with Crippen LogP contribution in [-0.4, -0.2) is 43.4 Å². The first-order chi connectivity index (χ1) is 11.9. The molecule has 0 unspecified atom stereocenters. The zero-order valence-corrected chi connectivity index (χ0v) is 16.0. The summed E-state index contributed by atoms with van der Waals surface area (Å²) < 4.78 is 9.64. The van der Waals surface area contributed by atoms with E-state index < -0.39 is 11.9 Å². The van der Waals surface area contributed by atoms with Crippen molar-refractivity contribution in [2.24, 2.45) is 0 Å². The third-order valence-corrected chi connectivity index (χ3v) is 4.49. The Balaban J connectivity index is 2.17. The van der Waals surface area contributed by atoms with Gasteiger partial charge in [0, 0.05) is 22.9 Å². The fourth-order valence-corrected chi connectivity index (χ4v) is 2.95. The summed E-state index contributed by atoms with van der Waals surface area (Å²) in [5, 5.41) is 3.56. The van der Waals surface area contributed by atoms with Crippen LogP contribution in [0.5, 0.6) is 0 Å². The molecule has 9 heteroatoms. The summed E-state index contributed by atoms with van der Waals surface area (Å²) in [6.07, 6.45) is 0.687. The van der Waals surface area contributed by atoms with Crippen molar-refractivity contribution in [3.05, 3.63) is 28.2 Å². The van der Waals surface area contributed by atoms with Crippen LogP contribution in [0.15, 0.2) is 23.1 Å². The molecule has 1 N–H and O–H groups in total. The molecule has 1 rings (SSSR count). The van der Waals surface area contributed by atoms with Gasteiger partial charge in [-0.2, -0.15) is 0 Å². The SMILES string of the molecule is CCOC(=O)CCCNC(=O)COC(=O)CSc1cc(Cl)ccc1Cl. The Bertz CT molecular complexity index is 612. The number of hydrogen-bond acceptors (Lipinski definition) is 6. The van der Waals surface area contributed by atoms with Crippen molar-refractivity contribution in [3.63, 3.8) is 0 Å². The van der Waals surface area contributed by atoms with Crippen molar-refractivity contribution in [2.45, 2.75) is 24.7 Å². The van der Waals surface area contributed by atoms with Crippen LogP contribution in [0.1, 0.15) is 19.8 Å². The van der Waals surface area contributed by atoms with E-state index in [2.05, 4.69) is 5.32 Å². The number of esters is 2. The summed E-state index contributed by atoms with van der Waals surface area (Å²) in [7, 11) is 0. The number of thioether (sulfide) groups is 1. The maximum atomic E-state index is 11.6. The highest BCUT2D eigenvalue weighted by Gasteiger charge is 2.10. The van der Waals surface area contributed by atoms with Gasteiger partial charge in [-0.3, -0.25) is 14.4 Å². The number of rotatable bonds is 10. The van der Waals surface area contributed by atoms with Crippen LogP contribution >= 0.6 is 35.0 Å². The van der Waals surface area contributed by atoms with Crippen molar-refractivity contribution in [1.29, 1.82) is 0 Å². The third kappa shape index (κ3) is 9.57. The molecule has 0 bridgehead atoms. The van der Waals surface area contributed by atoms with Crippen LogP contribution in [0.4, 0.5) is 0 Å². The third-order valence-electron chi connectivity index (χ3n) is 2.79. The number of nitrogens with one attached hydrogen (secondary N) is 1. The minimum atomic E-state index is -0.539. The van der Waals surface area contributed by atoms with E-state index in [-0.39, 0.29) is 24.7 Å². The first-order valence-corrected chi connectivity index (χ1v) is 9.32. The number of halogens is 2. The van der Waals surface area contributed by atoms with Crippen LogP contribution in [0.2, 0.25) is 10.0 Å². The maximum Gasteiger partial charge on any atom is 0.316 e. The quantitative estimate of drug-likeness (QED) is 0.364. The van der Waals surface area contributed by atoms with E-state index in [1.54, 1.807) is 25.1 Å². The molecule has 25 heavy (non-hydrogen) atoms. The van der Waals surface area contributed by atoms with Crippen LogP contribution in [0, 0.1) is 0 Å². The molecule has 6 nitrogen and oxygen atoms in total. The number of carbonyl (C=O) groups excluding carboxylic acids is 3. The summed E-state index contributed by atoms with van der Waals surface area (Å²) >= 11 is 13.0. The molecular weight excluding hydrogens is 389 g/mol. The normalized spacial score (nSPS) is 10.2. The van der Waals surface area contributed by atoms with Gasteiger partial charge in [-0.1, -0.05) is 23.2 Å². The average molecular weight is 408 g/mol. The fraction of sp³-hybridized carbons (Fsp3) is 0.438. The Kier molecular flexibility index (Phi) is 10.4. The van der Waals surface area contributed by atoms with Crippen molar-refractivity contribution in [1.82, 2.24) is 5.32 Å². The largest absolute Gasteiger partial charge is 0.466 e. The maximum absolute atomic E-state index is 11.6. The molecule has 1 aromatic carbocycles. The highest BCUT2D eigenvalue weighted by atomic mass is 35.5. The number of hydrogen-bond donors (Lipinski definition) is 1. The first kappa shape index (κ1) is 21.6. The van der Waals surface area contributed by atoms with Crippen molar-refractivity contribution >= 4 is 52.8 Å². The Morgan fingerprint density at radius 3 is 2.64 bits per heavy atom. The van der Waals surface area contributed by atoms with Crippen LogP contribution < -0.4 is 5.32 Å². The zero-order valence-electron chi connectivity index (χ0n) is 13.7. The van der Waals surface area contributed by atoms with Crippen LogP contribution in [0.25, 0.3) is 0 Å². The first-order valence-electron chi connectivity index (χ1n) is 7.58. The average Bonchev–Trinajstić information content (AvgIpc) is 2.58. The second-order valence-corrected chi connectivity index (χ2v) is 6.64. The lowest BCUT2D eigenvalue weighted by atomic mass is 10.3. The van der Waals surface area contributed by atoms with Gasteiger partial charge >= 0.3 is 11.9 Å². The zero-order chi connectivity index (χ0) is 18.7. The minimum absolute atomic E-state index is 0.0101. The standard InChI is InChI=1S/C16H19Cl2NO5S/c1-2-23-15(21)4-3-7-19-14(20)9-24-16(22)10-25-13-8-11(17)5-6-12(13)18/h5-6,8H,2-4,7,9-10H2,1H3,(H,19,20). The van der Waals surface area contributed by atoms with Gasteiger partial charge in [-0.25, -0.2) is 0 Å². The van der Waals surface area contributed by atoms with E-state index in [1.807, 2.05) is 0 Å². The predicted octanol–water partition coefficient (Wildman–Crippen LogP) is 3.09. The molecule has 1 aromatic rings. The van der Waals surface area contributed by atoms with Gasteiger partial charge in [0.25, 0.3) is 5.91 Å². The van der Waals surface area contributed by atoms with Gasteiger partial charge in [0.05, 0.1) is 17.4 Å². The van der Waals surface area contributed by atoms with E-state index in [0.717, 1.165) is 0 Å². The Hall–Kier alpha value is -1.44. The summed E-state index contributed by atoms with van der Waals surface area (Å²) in [4.78, 5) is 35.0. The van der Waals surface area contributed by atoms with E-state index in [0.29, 0.717) is 34.5 Å². The molecule has 0 heterocycles. The summed E-state index contributed by atoms with van der Waals surface area (Å²) in [6, 6.07) is 4.94. The molecule has 0 aliphatic heterocycles. The van der Waals surface area contributed by atoms with E-state index in [9.17, 15) is 14.4 Å². The summed E-state index contributed by atoms with van der Waals surface area (Å²) in [5.41, 5.74) is 0. The number of benzene rings is 1. The summed E-state index contributed by atoms with van der Waals surface area (Å²) in [5.74, 6) is -1.26. The Labute approximate surface area is 160 Å². The number of ether oxygens (including phenoxy) is 2. The molecule has 0 saturated carbocycles. The highest BCUT2D eigenvalue weighted by molar-refractivity contribution is 8.00. The lowest BCUT2D eigenvalue weighted by Gasteiger charge is -2.07. The van der Waals surface area contributed by atoms with Gasteiger partial charge in [-0.15, -0.1) is 11.8 Å². The van der Waals surface area contributed by atoms with Crippen molar-refractivity contribution in [2.75, 3.05) is 25.5 Å². The van der Waals surface area contributed by atoms with Crippen molar-refractivity contribution < 1.29 is 23.9 Å². The molecule has 1 amide bonds. The second-order valence-electron chi connectivity index (χ2n) is 4.78. The van der Waals surface area contributed by atoms with Gasteiger partial charge in [0.1, 0.15) is 0 Å². The summed E-state index contributed by atoms with van der Waals surface area (Å²) in [6.45, 7) is 2.00. The number of amides is 1. The van der Waals surface area contributed by atoms with Gasteiger partial charge in [0.15, 0.2) is 6.61 Å². The van der Waals surface area contributed by atoms with Gasteiger partial charge < -0.3 is 14.8 Å². The molecule has 0 aliphatic carbocycles. The fourth-order valence-electron chi connectivity index (χ4n) is 1.66. The second kappa shape index (κ2) is 12.0. The number of carbonyl (C=O) groups is 3. The lowest BCUT2D eigenvalue weighted by molar-refractivity contribution is -0.145. The topological polar surface area (TPSA) is 81.7 Å². The molecule has 0 atom stereocenters.